The van der Waals surface area contributed by atoms with Crippen LogP contribution in [0.2, 0.25) is 0 Å². The number of nitrogens with zero attached hydrogens (tertiary/aromatic N) is 2. The van der Waals surface area contributed by atoms with Crippen LogP contribution in [-0.4, -0.2) is 36.7 Å². The number of carbonyl (C=O) groups excluding carboxylic acids is 2. The number of rotatable bonds is 9. The average Bonchev–Trinajstić information content (AvgIpc) is 3.43. The van der Waals surface area contributed by atoms with Crippen LogP contribution < -0.4 is 20.7 Å². The van der Waals surface area contributed by atoms with Gasteiger partial charge in [0.15, 0.2) is 5.58 Å². The Labute approximate surface area is 189 Å². The number of amides is 2. The fraction of sp³-hybridized carbons (Fsp3) is 0.261. The molecule has 2 heterocycles. The van der Waals surface area contributed by atoms with E-state index in [0.717, 1.165) is 24.2 Å². The summed E-state index contributed by atoms with van der Waals surface area (Å²) < 4.78 is 28.7. The number of halogens is 1. The maximum atomic E-state index is 12.9. The molecule has 2 aromatic carbocycles. The number of nitrogens with two attached hydrogens (primary N) is 1. The van der Waals surface area contributed by atoms with Gasteiger partial charge in [0.1, 0.15) is 24.5 Å². The van der Waals surface area contributed by atoms with Crippen LogP contribution in [0.5, 0.6) is 5.75 Å². The summed E-state index contributed by atoms with van der Waals surface area (Å²) >= 11 is 0. The Kier molecular flexibility index (Phi) is 6.72. The summed E-state index contributed by atoms with van der Waals surface area (Å²) in [6.07, 6.45) is 0.818. The molecule has 0 spiro atoms. The summed E-state index contributed by atoms with van der Waals surface area (Å²) in [5, 5.41) is 3.14. The van der Waals surface area contributed by atoms with Gasteiger partial charge in [0.25, 0.3) is 6.01 Å². The predicted octanol–water partition coefficient (Wildman–Crippen LogP) is 3.89. The lowest BCUT2D eigenvalue weighted by atomic mass is 10.2. The molecule has 10 heteroatoms. The van der Waals surface area contributed by atoms with Gasteiger partial charge in [-0.15, -0.1) is 0 Å². The molecule has 1 saturated heterocycles. The molecule has 33 heavy (non-hydrogen) atoms. The van der Waals surface area contributed by atoms with E-state index in [1.807, 2.05) is 24.3 Å². The molecule has 2 amide bonds. The van der Waals surface area contributed by atoms with Crippen molar-refractivity contribution < 1.29 is 27.9 Å². The maximum absolute atomic E-state index is 12.9. The van der Waals surface area contributed by atoms with Gasteiger partial charge in [0.2, 0.25) is 5.91 Å². The highest BCUT2D eigenvalue weighted by atomic mass is 19.1. The highest BCUT2D eigenvalue weighted by Gasteiger charge is 2.21. The number of aromatic nitrogens is 1. The van der Waals surface area contributed by atoms with Crippen LogP contribution in [0.25, 0.3) is 11.1 Å². The largest absolute Gasteiger partial charge is 0.489 e. The molecule has 0 aliphatic carbocycles. The molecule has 172 valence electrons. The Morgan fingerprint density at radius 3 is 2.76 bits per heavy atom. The second-order valence-electron chi connectivity index (χ2n) is 7.48. The molecule has 0 unspecified atom stereocenters. The Morgan fingerprint density at radius 1 is 1.24 bits per heavy atom. The number of carbonyl (C=O) groups is 2. The van der Waals surface area contributed by atoms with Gasteiger partial charge in [0, 0.05) is 36.8 Å². The van der Waals surface area contributed by atoms with E-state index in [9.17, 15) is 14.0 Å². The van der Waals surface area contributed by atoms with Crippen molar-refractivity contribution >= 4 is 34.8 Å². The lowest BCUT2D eigenvalue weighted by molar-refractivity contribution is -0.117. The summed E-state index contributed by atoms with van der Waals surface area (Å²) in [5.41, 5.74) is 8.04. The van der Waals surface area contributed by atoms with Crippen molar-refractivity contribution in [3.05, 3.63) is 59.9 Å². The van der Waals surface area contributed by atoms with Gasteiger partial charge in [-0.25, -0.2) is 9.18 Å². The molecule has 0 bridgehead atoms. The molecule has 1 fully saturated rings. The van der Waals surface area contributed by atoms with E-state index in [4.69, 9.17) is 14.9 Å². The molecule has 0 radical (unpaired) electrons. The molecular weight excluding hydrogens is 431 g/mol. The number of oxazole rings is 1. The summed E-state index contributed by atoms with van der Waals surface area (Å²) in [4.78, 5) is 28.7. The number of benzene rings is 2. The van der Waals surface area contributed by atoms with Gasteiger partial charge < -0.3 is 29.8 Å². The topological polar surface area (TPSA) is 120 Å². The molecule has 9 nitrogen and oxygen atoms in total. The minimum Gasteiger partial charge on any atom is -0.489 e. The van der Waals surface area contributed by atoms with Crippen LogP contribution in [0, 0.1) is 0 Å². The summed E-state index contributed by atoms with van der Waals surface area (Å²) in [7, 11) is 0. The minimum absolute atomic E-state index is 0.118. The smallest absolute Gasteiger partial charge is 0.404 e. The van der Waals surface area contributed by atoms with Crippen LogP contribution in [0.3, 0.4) is 0 Å². The Bertz CT molecular complexity index is 1180. The molecule has 4 rings (SSSR count). The van der Waals surface area contributed by atoms with E-state index in [1.165, 1.54) is 0 Å². The number of primary amides is 1. The number of hydrogen-bond acceptors (Lipinski definition) is 7. The van der Waals surface area contributed by atoms with E-state index >= 15 is 0 Å². The molecule has 3 aromatic rings. The first kappa shape index (κ1) is 22.1. The third-order valence-corrected chi connectivity index (χ3v) is 5.10. The van der Waals surface area contributed by atoms with Crippen LogP contribution in [-0.2, 0) is 16.1 Å². The highest BCUT2D eigenvalue weighted by molar-refractivity contribution is 5.95. The Morgan fingerprint density at radius 2 is 2.06 bits per heavy atom. The first-order valence-corrected chi connectivity index (χ1v) is 10.4. The third kappa shape index (κ3) is 5.59. The zero-order valence-corrected chi connectivity index (χ0v) is 17.8. The van der Waals surface area contributed by atoms with Crippen molar-refractivity contribution in [2.24, 2.45) is 5.73 Å². The van der Waals surface area contributed by atoms with Crippen LogP contribution in [0.15, 0.2) is 58.8 Å². The molecule has 1 aliphatic rings. The van der Waals surface area contributed by atoms with Gasteiger partial charge in [-0.1, -0.05) is 12.1 Å². The molecule has 0 saturated carbocycles. The molecule has 1 aliphatic heterocycles. The number of hydrogen-bond donors (Lipinski definition) is 2. The zero-order chi connectivity index (χ0) is 23.2. The number of nitrogens with one attached hydrogen (secondary N) is 1. The first-order valence-electron chi connectivity index (χ1n) is 10.4. The van der Waals surface area contributed by atoms with Crippen LogP contribution >= 0.6 is 0 Å². The lowest BCUT2D eigenvalue weighted by Crippen LogP contribution is -2.23. The third-order valence-electron chi connectivity index (χ3n) is 5.10. The van der Waals surface area contributed by atoms with Crippen molar-refractivity contribution in [2.45, 2.75) is 19.4 Å². The van der Waals surface area contributed by atoms with Crippen molar-refractivity contribution in [3.8, 4) is 5.75 Å². The predicted molar refractivity (Wildman–Crippen MR) is 120 cm³/mol. The Balaban J connectivity index is 1.33. The summed E-state index contributed by atoms with van der Waals surface area (Å²) in [5.74, 6) is 0.599. The normalized spacial score (nSPS) is 14.0. The van der Waals surface area contributed by atoms with Crippen molar-refractivity contribution in [1.82, 2.24) is 4.98 Å². The monoisotopic (exact) mass is 454 g/mol. The SMILES string of the molecule is NC(=O)OCC(=CF)COc1ccc2nc(NCc3ccc(N4CCCC4=O)cc3)oc2c1. The fourth-order valence-corrected chi connectivity index (χ4v) is 3.41. The van der Waals surface area contributed by atoms with Gasteiger partial charge in [-0.05, 0) is 36.2 Å². The van der Waals surface area contributed by atoms with Gasteiger partial charge in [-0.2, -0.15) is 4.98 Å². The second kappa shape index (κ2) is 10.0. The summed E-state index contributed by atoms with van der Waals surface area (Å²) in [6, 6.07) is 13.2. The average molecular weight is 454 g/mol. The van der Waals surface area contributed by atoms with E-state index in [2.05, 4.69) is 15.0 Å². The first-order chi connectivity index (χ1) is 16.0. The van der Waals surface area contributed by atoms with Crippen LogP contribution in [0.1, 0.15) is 18.4 Å². The fourth-order valence-electron chi connectivity index (χ4n) is 3.41. The van der Waals surface area contributed by atoms with Gasteiger partial charge in [-0.3, -0.25) is 4.79 Å². The van der Waals surface area contributed by atoms with Gasteiger partial charge >= 0.3 is 6.09 Å². The van der Waals surface area contributed by atoms with Crippen molar-refractivity contribution in [1.29, 1.82) is 0 Å². The van der Waals surface area contributed by atoms with E-state index < -0.39 is 6.09 Å². The van der Waals surface area contributed by atoms with Crippen molar-refractivity contribution in [3.63, 3.8) is 0 Å². The van der Waals surface area contributed by atoms with Crippen molar-refractivity contribution in [2.75, 3.05) is 30.0 Å². The zero-order valence-electron chi connectivity index (χ0n) is 17.8. The number of fused-ring (bicyclic) bond motifs is 1. The molecule has 0 atom stereocenters. The quantitative estimate of drug-likeness (QED) is 0.503. The van der Waals surface area contributed by atoms with Gasteiger partial charge in [0.05, 0.1) is 6.33 Å². The molecule has 3 N–H and O–H groups in total. The number of anilines is 2. The maximum Gasteiger partial charge on any atom is 0.404 e. The standard InChI is InChI=1S/C23H23FN4O5/c24-11-16(14-32-22(25)30)13-31-18-7-8-19-20(10-18)33-23(27-19)26-12-15-3-5-17(6-4-15)28-9-1-2-21(28)29/h3-8,10-11H,1-2,9,12-14H2,(H2,25,30)(H,26,27). The Hall–Kier alpha value is -4.08. The second-order valence-corrected chi connectivity index (χ2v) is 7.48. The molecular formula is C23H23FN4O5. The van der Waals surface area contributed by atoms with E-state index in [-0.39, 0.29) is 24.7 Å². The molecule has 1 aromatic heterocycles. The van der Waals surface area contributed by atoms with E-state index in [0.29, 0.717) is 42.2 Å². The highest BCUT2D eigenvalue weighted by Crippen LogP contribution is 2.25. The van der Waals surface area contributed by atoms with E-state index in [1.54, 1.807) is 23.1 Å². The minimum atomic E-state index is -0.991. The van der Waals surface area contributed by atoms with Crippen LogP contribution in [0.4, 0.5) is 20.9 Å². The lowest BCUT2D eigenvalue weighted by Gasteiger charge is -2.15. The number of ether oxygens (including phenoxy) is 2. The summed E-state index contributed by atoms with van der Waals surface area (Å²) in [6.45, 7) is 0.847.